The Kier molecular flexibility index (Phi) is 5.41. The lowest BCUT2D eigenvalue weighted by Crippen LogP contribution is -2.13. The minimum atomic E-state index is -0.588. The maximum absolute atomic E-state index is 12.3. The average molecular weight is 349 g/mol. The van der Waals surface area contributed by atoms with E-state index in [0.717, 1.165) is 18.1 Å². The monoisotopic (exact) mass is 348 g/mol. The molecular formula is C17H17ClN2O4. The molecule has 1 atom stereocenters. The summed E-state index contributed by atoms with van der Waals surface area (Å²) in [5.41, 5.74) is 1.15. The van der Waals surface area contributed by atoms with Gasteiger partial charge < -0.3 is 10.4 Å². The molecule has 2 rings (SSSR count). The van der Waals surface area contributed by atoms with Crippen LogP contribution in [0.4, 0.5) is 11.4 Å². The fraction of sp³-hybridized carbons (Fsp3) is 0.235. The number of rotatable bonds is 5. The standard InChI is InChI=1S/C17H17ClN2O4/c1-3-10(2)11-4-7-16(21)15(8-11)19-17(22)13-6-5-12(20(23)24)9-14(13)18/h4-10,21H,3H2,1-2H3,(H,19,22)/t10-/m1/s1. The molecule has 6 nitrogen and oxygen atoms in total. The molecule has 0 saturated heterocycles. The molecule has 1 amide bonds. The van der Waals surface area contributed by atoms with Crippen molar-refractivity contribution in [2.75, 3.05) is 5.32 Å². The minimum absolute atomic E-state index is 0.0285. The van der Waals surface area contributed by atoms with Crippen LogP contribution in [0, 0.1) is 10.1 Å². The van der Waals surface area contributed by atoms with Crippen molar-refractivity contribution in [2.45, 2.75) is 26.2 Å². The number of phenolic OH excluding ortho intramolecular Hbond substituents is 1. The van der Waals surface area contributed by atoms with Crippen LogP contribution in [0.3, 0.4) is 0 Å². The van der Waals surface area contributed by atoms with E-state index in [-0.39, 0.29) is 33.6 Å². The van der Waals surface area contributed by atoms with Crippen molar-refractivity contribution < 1.29 is 14.8 Å². The highest BCUT2D eigenvalue weighted by molar-refractivity contribution is 6.34. The molecule has 0 radical (unpaired) electrons. The highest BCUT2D eigenvalue weighted by Gasteiger charge is 2.17. The Bertz CT molecular complexity index is 792. The van der Waals surface area contributed by atoms with Crippen molar-refractivity contribution in [1.29, 1.82) is 0 Å². The number of nitro groups is 1. The molecule has 0 spiro atoms. The van der Waals surface area contributed by atoms with Gasteiger partial charge in [0, 0.05) is 12.1 Å². The summed E-state index contributed by atoms with van der Waals surface area (Å²) in [7, 11) is 0. The number of aromatic hydroxyl groups is 1. The zero-order chi connectivity index (χ0) is 17.9. The van der Waals surface area contributed by atoms with Gasteiger partial charge in [0.1, 0.15) is 5.75 Å². The number of hydrogen-bond donors (Lipinski definition) is 2. The Labute approximate surface area is 144 Å². The number of non-ortho nitro benzene ring substituents is 1. The summed E-state index contributed by atoms with van der Waals surface area (Å²) in [5.74, 6) is -0.329. The Balaban J connectivity index is 2.28. The Morgan fingerprint density at radius 3 is 2.62 bits per heavy atom. The number of nitrogens with one attached hydrogen (secondary N) is 1. The lowest BCUT2D eigenvalue weighted by molar-refractivity contribution is -0.384. The molecule has 0 aliphatic rings. The minimum Gasteiger partial charge on any atom is -0.506 e. The van der Waals surface area contributed by atoms with Gasteiger partial charge in [0.15, 0.2) is 0 Å². The van der Waals surface area contributed by atoms with Crippen molar-refractivity contribution >= 4 is 28.9 Å². The third-order valence-electron chi connectivity index (χ3n) is 3.86. The Morgan fingerprint density at radius 2 is 2.04 bits per heavy atom. The molecule has 24 heavy (non-hydrogen) atoms. The zero-order valence-corrected chi connectivity index (χ0v) is 14.0. The summed E-state index contributed by atoms with van der Waals surface area (Å²) in [6, 6.07) is 8.64. The van der Waals surface area contributed by atoms with Gasteiger partial charge in [0.05, 0.1) is 21.2 Å². The summed E-state index contributed by atoms with van der Waals surface area (Å²) in [6.07, 6.45) is 0.923. The number of nitrogens with zero attached hydrogens (tertiary/aromatic N) is 1. The van der Waals surface area contributed by atoms with Crippen LogP contribution in [0.5, 0.6) is 5.75 Å². The molecule has 126 valence electrons. The third-order valence-corrected chi connectivity index (χ3v) is 4.17. The van der Waals surface area contributed by atoms with E-state index in [1.807, 2.05) is 13.8 Å². The third kappa shape index (κ3) is 3.83. The van der Waals surface area contributed by atoms with E-state index in [1.165, 1.54) is 18.2 Å². The largest absolute Gasteiger partial charge is 0.506 e. The van der Waals surface area contributed by atoms with Gasteiger partial charge in [0.25, 0.3) is 11.6 Å². The molecule has 0 aliphatic heterocycles. The van der Waals surface area contributed by atoms with E-state index >= 15 is 0 Å². The van der Waals surface area contributed by atoms with Gasteiger partial charge >= 0.3 is 0 Å². The number of amides is 1. The van der Waals surface area contributed by atoms with Gasteiger partial charge in [-0.25, -0.2) is 0 Å². The normalized spacial score (nSPS) is 11.8. The summed E-state index contributed by atoms with van der Waals surface area (Å²) in [6.45, 7) is 4.09. The molecule has 0 fully saturated rings. The number of carbonyl (C=O) groups is 1. The van der Waals surface area contributed by atoms with Gasteiger partial charge in [0.2, 0.25) is 0 Å². The quantitative estimate of drug-likeness (QED) is 0.464. The summed E-state index contributed by atoms with van der Waals surface area (Å²) >= 11 is 5.95. The van der Waals surface area contributed by atoms with E-state index in [2.05, 4.69) is 5.32 Å². The first kappa shape index (κ1) is 17.7. The lowest BCUT2D eigenvalue weighted by Gasteiger charge is -2.13. The molecule has 0 saturated carbocycles. The van der Waals surface area contributed by atoms with Crippen molar-refractivity contribution in [3.8, 4) is 5.75 Å². The maximum atomic E-state index is 12.3. The Morgan fingerprint density at radius 1 is 1.33 bits per heavy atom. The molecule has 2 N–H and O–H groups in total. The predicted molar refractivity (Wildman–Crippen MR) is 92.9 cm³/mol. The SMILES string of the molecule is CC[C@@H](C)c1ccc(O)c(NC(=O)c2ccc([N+](=O)[O-])cc2Cl)c1. The second kappa shape index (κ2) is 7.31. The van der Waals surface area contributed by atoms with Crippen molar-refractivity contribution in [1.82, 2.24) is 0 Å². The predicted octanol–water partition coefficient (Wildman–Crippen LogP) is 4.72. The van der Waals surface area contributed by atoms with Gasteiger partial charge in [-0.2, -0.15) is 0 Å². The molecule has 0 aromatic heterocycles. The van der Waals surface area contributed by atoms with E-state index in [9.17, 15) is 20.0 Å². The van der Waals surface area contributed by atoms with Crippen LogP contribution < -0.4 is 5.32 Å². The fourth-order valence-electron chi connectivity index (χ4n) is 2.19. The smallest absolute Gasteiger partial charge is 0.270 e. The van der Waals surface area contributed by atoms with E-state index in [1.54, 1.807) is 12.1 Å². The number of halogens is 1. The van der Waals surface area contributed by atoms with E-state index in [4.69, 9.17) is 11.6 Å². The molecule has 0 bridgehead atoms. The van der Waals surface area contributed by atoms with Crippen LogP contribution in [-0.4, -0.2) is 15.9 Å². The fourth-order valence-corrected chi connectivity index (χ4v) is 2.45. The summed E-state index contributed by atoms with van der Waals surface area (Å²) < 4.78 is 0. The molecule has 7 heteroatoms. The van der Waals surface area contributed by atoms with Crippen LogP contribution in [-0.2, 0) is 0 Å². The van der Waals surface area contributed by atoms with E-state index < -0.39 is 10.8 Å². The van der Waals surface area contributed by atoms with Crippen molar-refractivity contribution in [3.05, 3.63) is 62.7 Å². The molecular weight excluding hydrogens is 332 g/mol. The first-order valence-electron chi connectivity index (χ1n) is 7.41. The van der Waals surface area contributed by atoms with Crippen molar-refractivity contribution in [3.63, 3.8) is 0 Å². The molecule has 0 unspecified atom stereocenters. The Hall–Kier alpha value is -2.60. The number of nitro benzene ring substituents is 1. The number of benzene rings is 2. The molecule has 2 aromatic rings. The second-order valence-corrected chi connectivity index (χ2v) is 5.87. The number of anilines is 1. The number of hydrogen-bond acceptors (Lipinski definition) is 4. The highest BCUT2D eigenvalue weighted by atomic mass is 35.5. The van der Waals surface area contributed by atoms with Crippen LogP contribution in [0.1, 0.15) is 42.1 Å². The average Bonchev–Trinajstić information content (AvgIpc) is 2.55. The summed E-state index contributed by atoms with van der Waals surface area (Å²) in [5, 5.41) is 23.2. The van der Waals surface area contributed by atoms with Crippen molar-refractivity contribution in [2.24, 2.45) is 0 Å². The second-order valence-electron chi connectivity index (χ2n) is 5.46. The summed E-state index contributed by atoms with van der Waals surface area (Å²) in [4.78, 5) is 22.5. The van der Waals surface area contributed by atoms with Gasteiger partial charge in [-0.1, -0.05) is 31.5 Å². The van der Waals surface area contributed by atoms with Crippen LogP contribution in [0.15, 0.2) is 36.4 Å². The van der Waals surface area contributed by atoms with Crippen LogP contribution in [0.25, 0.3) is 0 Å². The first-order chi connectivity index (χ1) is 11.3. The zero-order valence-electron chi connectivity index (χ0n) is 13.2. The van der Waals surface area contributed by atoms with E-state index in [0.29, 0.717) is 0 Å². The lowest BCUT2D eigenvalue weighted by atomic mass is 9.98. The molecule has 0 heterocycles. The topological polar surface area (TPSA) is 92.5 Å². The molecule has 2 aromatic carbocycles. The molecule has 0 aliphatic carbocycles. The van der Waals surface area contributed by atoms with Gasteiger partial charge in [-0.3, -0.25) is 14.9 Å². The first-order valence-corrected chi connectivity index (χ1v) is 7.79. The van der Waals surface area contributed by atoms with Gasteiger partial charge in [-0.05, 0) is 36.1 Å². The maximum Gasteiger partial charge on any atom is 0.270 e. The number of phenols is 1. The van der Waals surface area contributed by atoms with Gasteiger partial charge in [-0.15, -0.1) is 0 Å². The highest BCUT2D eigenvalue weighted by Crippen LogP contribution is 2.30. The van der Waals surface area contributed by atoms with Crippen LogP contribution in [0.2, 0.25) is 5.02 Å². The number of carbonyl (C=O) groups excluding carboxylic acids is 1. The van der Waals surface area contributed by atoms with Crippen LogP contribution >= 0.6 is 11.6 Å².